The summed E-state index contributed by atoms with van der Waals surface area (Å²) in [7, 11) is 0. The largest absolute Gasteiger partial charge is 0.445 e. The van der Waals surface area contributed by atoms with Gasteiger partial charge in [0, 0.05) is 6.54 Å². The van der Waals surface area contributed by atoms with E-state index in [1.807, 2.05) is 30.3 Å². The first kappa shape index (κ1) is 19.4. The van der Waals surface area contributed by atoms with Crippen molar-refractivity contribution in [3.63, 3.8) is 0 Å². The van der Waals surface area contributed by atoms with Crippen LogP contribution in [0.4, 0.5) is 4.79 Å². The lowest BCUT2D eigenvalue weighted by molar-refractivity contribution is -0.142. The van der Waals surface area contributed by atoms with E-state index in [4.69, 9.17) is 4.74 Å². The van der Waals surface area contributed by atoms with Gasteiger partial charge in [0.2, 0.25) is 11.7 Å². The molecule has 0 aromatic heterocycles. The fourth-order valence-electron chi connectivity index (χ4n) is 2.53. The van der Waals surface area contributed by atoms with Crippen LogP contribution >= 0.6 is 0 Å². The third kappa shape index (κ3) is 5.30. The topological polar surface area (TPSA) is 114 Å². The van der Waals surface area contributed by atoms with E-state index in [9.17, 15) is 19.2 Å². The molecule has 140 valence electrons. The van der Waals surface area contributed by atoms with Crippen LogP contribution in [0.2, 0.25) is 0 Å². The van der Waals surface area contributed by atoms with Gasteiger partial charge in [-0.15, -0.1) is 0 Å². The Morgan fingerprint density at radius 2 is 1.92 bits per heavy atom. The van der Waals surface area contributed by atoms with Crippen molar-refractivity contribution in [1.29, 1.82) is 0 Å². The van der Waals surface area contributed by atoms with E-state index in [-0.39, 0.29) is 12.5 Å². The Kier molecular flexibility index (Phi) is 6.71. The first-order valence-corrected chi connectivity index (χ1v) is 8.48. The number of rotatable bonds is 6. The molecule has 8 nitrogen and oxygen atoms in total. The normalized spacial score (nSPS) is 18.0. The Morgan fingerprint density at radius 3 is 2.58 bits per heavy atom. The molecule has 1 fully saturated rings. The van der Waals surface area contributed by atoms with Crippen LogP contribution < -0.4 is 16.0 Å². The molecule has 1 unspecified atom stereocenters. The zero-order chi connectivity index (χ0) is 19.1. The number of carbonyl (C=O) groups excluding carboxylic acids is 4. The zero-order valence-electron chi connectivity index (χ0n) is 14.8. The Hall–Kier alpha value is -2.90. The van der Waals surface area contributed by atoms with Crippen LogP contribution in [-0.4, -0.2) is 42.3 Å². The fraction of sp³-hybridized carbons (Fsp3) is 0.444. The lowest BCUT2D eigenvalue weighted by atomic mass is 10.0. The number of piperidine rings is 1. The lowest BCUT2D eigenvalue weighted by Gasteiger charge is -2.26. The van der Waals surface area contributed by atoms with E-state index in [0.717, 1.165) is 5.56 Å². The third-order valence-electron chi connectivity index (χ3n) is 4.01. The molecule has 0 aliphatic carbocycles. The van der Waals surface area contributed by atoms with E-state index in [0.29, 0.717) is 13.0 Å². The van der Waals surface area contributed by atoms with Gasteiger partial charge >= 0.3 is 6.09 Å². The number of benzene rings is 1. The number of Topliss-reactive ketones (excluding diaryl/α,β-unsaturated/α-hetero) is 1. The first-order chi connectivity index (χ1) is 12.4. The summed E-state index contributed by atoms with van der Waals surface area (Å²) >= 11 is 0. The van der Waals surface area contributed by atoms with Crippen molar-refractivity contribution in [1.82, 2.24) is 16.0 Å². The van der Waals surface area contributed by atoms with Gasteiger partial charge in [0.05, 0.1) is 6.04 Å². The first-order valence-electron chi connectivity index (χ1n) is 8.48. The van der Waals surface area contributed by atoms with Crippen molar-refractivity contribution < 1.29 is 23.9 Å². The molecular formula is C18H23N3O5. The van der Waals surface area contributed by atoms with E-state index < -0.39 is 35.8 Å². The van der Waals surface area contributed by atoms with E-state index in [2.05, 4.69) is 16.0 Å². The maximum absolute atomic E-state index is 12.4. The summed E-state index contributed by atoms with van der Waals surface area (Å²) in [5.74, 6) is -2.15. The maximum atomic E-state index is 12.4. The Balaban J connectivity index is 1.90. The second kappa shape index (κ2) is 8.98. The second-order valence-electron chi connectivity index (χ2n) is 6.40. The van der Waals surface area contributed by atoms with Gasteiger partial charge in [-0.05, 0) is 17.9 Å². The summed E-state index contributed by atoms with van der Waals surface area (Å²) in [5, 5.41) is 7.48. The minimum atomic E-state index is -0.879. The molecule has 26 heavy (non-hydrogen) atoms. The van der Waals surface area contributed by atoms with Crippen molar-refractivity contribution >= 4 is 23.7 Å². The molecule has 3 N–H and O–H groups in total. The SMILES string of the molecule is CC(C)[C@H](NC(=O)OCc1ccccc1)C(=O)NC1CCNC(=O)C1=O. The molecule has 2 rings (SSSR count). The summed E-state index contributed by atoms with van der Waals surface area (Å²) < 4.78 is 5.13. The summed E-state index contributed by atoms with van der Waals surface area (Å²) in [6.07, 6.45) is -0.407. The number of hydrogen-bond donors (Lipinski definition) is 3. The van der Waals surface area contributed by atoms with Gasteiger partial charge in [-0.25, -0.2) is 4.79 Å². The Morgan fingerprint density at radius 1 is 1.23 bits per heavy atom. The van der Waals surface area contributed by atoms with E-state index in [1.165, 1.54) is 0 Å². The monoisotopic (exact) mass is 361 g/mol. The zero-order valence-corrected chi connectivity index (χ0v) is 14.8. The molecule has 1 aromatic rings. The van der Waals surface area contributed by atoms with Gasteiger partial charge in [0.25, 0.3) is 5.91 Å². The highest BCUT2D eigenvalue weighted by atomic mass is 16.5. The Labute approximate surface area is 151 Å². The number of alkyl carbamates (subject to hydrolysis) is 1. The highest BCUT2D eigenvalue weighted by Crippen LogP contribution is 2.07. The number of ether oxygens (including phenoxy) is 1. The number of nitrogens with one attached hydrogen (secondary N) is 3. The highest BCUT2D eigenvalue weighted by molar-refractivity contribution is 6.39. The number of amides is 3. The van der Waals surface area contributed by atoms with Crippen LogP contribution in [0.3, 0.4) is 0 Å². The average Bonchev–Trinajstić information content (AvgIpc) is 2.62. The summed E-state index contributed by atoms with van der Waals surface area (Å²) in [6, 6.07) is 7.40. The molecule has 1 aromatic carbocycles. The molecule has 3 amide bonds. The fourth-order valence-corrected chi connectivity index (χ4v) is 2.53. The van der Waals surface area contributed by atoms with Gasteiger partial charge < -0.3 is 20.7 Å². The number of hydrogen-bond acceptors (Lipinski definition) is 5. The van der Waals surface area contributed by atoms with Crippen LogP contribution in [0, 0.1) is 5.92 Å². The molecule has 1 heterocycles. The molecule has 0 saturated carbocycles. The smallest absolute Gasteiger partial charge is 0.408 e. The van der Waals surface area contributed by atoms with Gasteiger partial charge in [-0.1, -0.05) is 44.2 Å². The average molecular weight is 361 g/mol. The van der Waals surface area contributed by atoms with Crippen molar-refractivity contribution in [3.8, 4) is 0 Å². The predicted molar refractivity (Wildman–Crippen MR) is 93.0 cm³/mol. The molecule has 1 aliphatic heterocycles. The van der Waals surface area contributed by atoms with Crippen LogP contribution in [-0.2, 0) is 25.7 Å². The molecular weight excluding hydrogens is 338 g/mol. The molecule has 1 aliphatic rings. The minimum Gasteiger partial charge on any atom is -0.445 e. The lowest BCUT2D eigenvalue weighted by Crippen LogP contribution is -2.58. The molecule has 0 spiro atoms. The van der Waals surface area contributed by atoms with Crippen molar-refractivity contribution in [3.05, 3.63) is 35.9 Å². The van der Waals surface area contributed by atoms with Crippen molar-refractivity contribution in [2.45, 2.75) is 39.0 Å². The van der Waals surface area contributed by atoms with Gasteiger partial charge in [-0.3, -0.25) is 14.4 Å². The van der Waals surface area contributed by atoms with Crippen molar-refractivity contribution in [2.24, 2.45) is 5.92 Å². The third-order valence-corrected chi connectivity index (χ3v) is 4.01. The molecule has 8 heteroatoms. The quantitative estimate of drug-likeness (QED) is 0.639. The highest BCUT2D eigenvalue weighted by Gasteiger charge is 2.33. The van der Waals surface area contributed by atoms with E-state index in [1.54, 1.807) is 13.8 Å². The Bertz CT molecular complexity index is 675. The predicted octanol–water partition coefficient (Wildman–Crippen LogP) is 0.511. The van der Waals surface area contributed by atoms with Crippen LogP contribution in [0.25, 0.3) is 0 Å². The maximum Gasteiger partial charge on any atom is 0.408 e. The summed E-state index contributed by atoms with van der Waals surface area (Å²) in [5.41, 5.74) is 0.826. The second-order valence-corrected chi connectivity index (χ2v) is 6.40. The minimum absolute atomic E-state index is 0.0837. The number of ketones is 1. The van der Waals surface area contributed by atoms with Gasteiger partial charge in [0.1, 0.15) is 12.6 Å². The van der Waals surface area contributed by atoms with Crippen LogP contribution in [0.15, 0.2) is 30.3 Å². The standard InChI is InChI=1S/C18H23N3O5/c1-11(2)14(16(23)20-13-8-9-19-17(24)15(13)22)21-18(25)26-10-12-6-4-3-5-7-12/h3-7,11,13-14H,8-10H2,1-2H3,(H,19,24)(H,20,23)(H,21,25)/t13?,14-/m0/s1. The van der Waals surface area contributed by atoms with E-state index >= 15 is 0 Å². The summed E-state index contributed by atoms with van der Waals surface area (Å²) in [4.78, 5) is 47.6. The van der Waals surface area contributed by atoms with Gasteiger partial charge in [0.15, 0.2) is 0 Å². The van der Waals surface area contributed by atoms with Crippen LogP contribution in [0.5, 0.6) is 0 Å². The summed E-state index contributed by atoms with van der Waals surface area (Å²) in [6.45, 7) is 3.92. The van der Waals surface area contributed by atoms with Gasteiger partial charge in [-0.2, -0.15) is 0 Å². The van der Waals surface area contributed by atoms with Crippen molar-refractivity contribution in [2.75, 3.05) is 6.54 Å². The number of carbonyl (C=O) groups is 4. The molecule has 2 atom stereocenters. The van der Waals surface area contributed by atoms with Crippen LogP contribution in [0.1, 0.15) is 25.8 Å². The molecule has 1 saturated heterocycles. The molecule has 0 bridgehead atoms. The molecule has 0 radical (unpaired) electrons.